The maximum atomic E-state index is 2.49. The van der Waals surface area contributed by atoms with E-state index in [2.05, 4.69) is 219 Å². The summed E-state index contributed by atoms with van der Waals surface area (Å²) >= 11 is 0. The van der Waals surface area contributed by atoms with E-state index in [1.165, 1.54) is 77.2 Å². The number of hydrogen-bond donors (Lipinski definition) is 0. The zero-order chi connectivity index (χ0) is 36.2. The van der Waals surface area contributed by atoms with Gasteiger partial charge in [-0.3, -0.25) is 0 Å². The van der Waals surface area contributed by atoms with Gasteiger partial charge in [-0.15, -0.1) is 0 Å². The molecule has 1 aliphatic rings. The largest absolute Gasteiger partial charge is 0.310 e. The molecule has 0 radical (unpaired) electrons. The first-order valence-corrected chi connectivity index (χ1v) is 18.9. The highest BCUT2D eigenvalue weighted by Gasteiger charge is 2.36. The number of anilines is 3. The Hall–Kier alpha value is -6.70. The van der Waals surface area contributed by atoms with Crippen LogP contribution in [0.3, 0.4) is 0 Å². The molecule has 1 nitrogen and oxygen atoms in total. The number of nitrogens with zero attached hydrogens (tertiary/aromatic N) is 1. The minimum atomic E-state index is -0.126. The fourth-order valence-electron chi connectivity index (χ4n) is 8.83. The normalized spacial score (nSPS) is 12.8. The van der Waals surface area contributed by atoms with Gasteiger partial charge in [0, 0.05) is 22.2 Å². The van der Waals surface area contributed by atoms with Crippen molar-refractivity contribution in [3.8, 4) is 44.5 Å². The Morgan fingerprint density at radius 2 is 0.833 bits per heavy atom. The van der Waals surface area contributed by atoms with Gasteiger partial charge in [-0.2, -0.15) is 0 Å². The van der Waals surface area contributed by atoms with Gasteiger partial charge in [0.1, 0.15) is 0 Å². The van der Waals surface area contributed by atoms with Crippen molar-refractivity contribution in [2.45, 2.75) is 19.3 Å². The Morgan fingerprint density at radius 3 is 1.57 bits per heavy atom. The van der Waals surface area contributed by atoms with Crippen LogP contribution >= 0.6 is 0 Å². The van der Waals surface area contributed by atoms with Gasteiger partial charge in [-0.05, 0) is 102 Å². The first-order valence-electron chi connectivity index (χ1n) is 18.9. The van der Waals surface area contributed by atoms with Crippen LogP contribution in [0.2, 0.25) is 0 Å². The predicted molar refractivity (Wildman–Crippen MR) is 230 cm³/mol. The number of fused-ring (bicyclic) bond motifs is 6. The third-order valence-electron chi connectivity index (χ3n) is 11.5. The molecule has 10 rings (SSSR count). The van der Waals surface area contributed by atoms with Gasteiger partial charge in [-0.25, -0.2) is 0 Å². The Balaban J connectivity index is 1.25. The molecule has 0 atom stereocenters. The highest BCUT2D eigenvalue weighted by molar-refractivity contribution is 6.14. The molecule has 0 saturated heterocycles. The van der Waals surface area contributed by atoms with E-state index in [1.807, 2.05) is 0 Å². The van der Waals surface area contributed by atoms with Crippen LogP contribution in [0.25, 0.3) is 66.1 Å². The second kappa shape index (κ2) is 12.8. The number of rotatable bonds is 6. The third kappa shape index (κ3) is 5.16. The van der Waals surface area contributed by atoms with E-state index in [9.17, 15) is 0 Å². The van der Waals surface area contributed by atoms with Crippen molar-refractivity contribution in [1.82, 2.24) is 0 Å². The summed E-state index contributed by atoms with van der Waals surface area (Å²) in [6.07, 6.45) is 0. The average molecular weight is 690 g/mol. The molecule has 1 aliphatic carbocycles. The lowest BCUT2D eigenvalue weighted by atomic mass is 9.82. The molecule has 9 aromatic rings. The molecule has 256 valence electrons. The molecule has 0 saturated carbocycles. The molecular formula is C53H39N. The van der Waals surface area contributed by atoms with Crippen LogP contribution < -0.4 is 4.90 Å². The van der Waals surface area contributed by atoms with Crippen LogP contribution in [0, 0.1) is 0 Å². The van der Waals surface area contributed by atoms with Crippen LogP contribution in [0.1, 0.15) is 25.0 Å². The zero-order valence-electron chi connectivity index (χ0n) is 30.5. The zero-order valence-corrected chi connectivity index (χ0v) is 30.5. The summed E-state index contributed by atoms with van der Waals surface area (Å²) in [6, 6.07) is 73.5. The molecule has 0 unspecified atom stereocenters. The summed E-state index contributed by atoms with van der Waals surface area (Å²) in [5.74, 6) is 0. The van der Waals surface area contributed by atoms with E-state index in [-0.39, 0.29) is 5.41 Å². The molecule has 1 heteroatoms. The van der Waals surface area contributed by atoms with Crippen molar-refractivity contribution in [2.75, 3.05) is 4.90 Å². The van der Waals surface area contributed by atoms with Gasteiger partial charge in [0.2, 0.25) is 0 Å². The fourth-order valence-corrected chi connectivity index (χ4v) is 8.83. The minimum Gasteiger partial charge on any atom is -0.310 e. The van der Waals surface area contributed by atoms with Crippen molar-refractivity contribution in [2.24, 2.45) is 0 Å². The Morgan fingerprint density at radius 1 is 0.333 bits per heavy atom. The topological polar surface area (TPSA) is 3.24 Å². The Kier molecular flexibility index (Phi) is 7.56. The SMILES string of the molecule is CC1(C)c2ccccc2-c2ccc(N(c3ccc(-c4ccccc4-c4ccccc4)c(-c4ccccc4)c3)c3cc4ccccc4c4ccccc34)cc21. The lowest BCUT2D eigenvalue weighted by molar-refractivity contribution is 0.660. The van der Waals surface area contributed by atoms with E-state index in [0.717, 1.165) is 17.1 Å². The first kappa shape index (κ1) is 32.0. The minimum absolute atomic E-state index is 0.126. The average Bonchev–Trinajstić information content (AvgIpc) is 3.47. The molecule has 0 N–H and O–H groups in total. The molecule has 0 fully saturated rings. The van der Waals surface area contributed by atoms with Crippen LogP contribution in [0.4, 0.5) is 17.1 Å². The highest BCUT2D eigenvalue weighted by atomic mass is 15.1. The standard InChI is InChI=1S/C53H39N/c1-53(2)50-28-16-15-26-46(50)47-32-30-40(35-51(47)53)54(52-33-38-21-9-10-23-42(38)44-25-13-14-27-48(44)52)39-29-31-45(49(34-39)37-19-7-4-8-20-37)43-24-12-11-22-41(43)36-17-5-3-6-18-36/h3-35H,1-2H3. The van der Waals surface area contributed by atoms with Crippen molar-refractivity contribution in [3.05, 3.63) is 211 Å². The summed E-state index contributed by atoms with van der Waals surface area (Å²) in [5.41, 5.74) is 15.9. The summed E-state index contributed by atoms with van der Waals surface area (Å²) in [5, 5.41) is 4.96. The van der Waals surface area contributed by atoms with Crippen molar-refractivity contribution < 1.29 is 0 Å². The van der Waals surface area contributed by atoms with Gasteiger partial charge in [0.05, 0.1) is 5.69 Å². The van der Waals surface area contributed by atoms with Crippen molar-refractivity contribution >= 4 is 38.6 Å². The molecule has 0 aliphatic heterocycles. The van der Waals surface area contributed by atoms with E-state index in [4.69, 9.17) is 0 Å². The van der Waals surface area contributed by atoms with Gasteiger partial charge < -0.3 is 4.90 Å². The summed E-state index contributed by atoms with van der Waals surface area (Å²) in [4.78, 5) is 2.49. The Labute approximate surface area is 317 Å². The van der Waals surface area contributed by atoms with E-state index >= 15 is 0 Å². The predicted octanol–water partition coefficient (Wildman–Crippen LogP) is 14.8. The van der Waals surface area contributed by atoms with Gasteiger partial charge in [-0.1, -0.05) is 184 Å². The van der Waals surface area contributed by atoms with Crippen molar-refractivity contribution in [3.63, 3.8) is 0 Å². The maximum Gasteiger partial charge on any atom is 0.0546 e. The number of hydrogen-bond acceptors (Lipinski definition) is 1. The molecule has 0 bridgehead atoms. The van der Waals surface area contributed by atoms with E-state index in [1.54, 1.807) is 0 Å². The summed E-state index contributed by atoms with van der Waals surface area (Å²) in [7, 11) is 0. The molecule has 9 aromatic carbocycles. The second-order valence-electron chi connectivity index (χ2n) is 14.9. The molecule has 0 aromatic heterocycles. The van der Waals surface area contributed by atoms with Crippen LogP contribution in [0.5, 0.6) is 0 Å². The second-order valence-corrected chi connectivity index (χ2v) is 14.9. The molecule has 0 amide bonds. The maximum absolute atomic E-state index is 2.49. The van der Waals surface area contributed by atoms with Gasteiger partial charge >= 0.3 is 0 Å². The molecular weight excluding hydrogens is 651 g/mol. The lowest BCUT2D eigenvalue weighted by Crippen LogP contribution is -2.16. The lowest BCUT2D eigenvalue weighted by Gasteiger charge is -2.30. The Bertz CT molecular complexity index is 2850. The number of benzene rings is 9. The monoisotopic (exact) mass is 689 g/mol. The van der Waals surface area contributed by atoms with Gasteiger partial charge in [0.25, 0.3) is 0 Å². The van der Waals surface area contributed by atoms with E-state index < -0.39 is 0 Å². The quantitative estimate of drug-likeness (QED) is 0.157. The summed E-state index contributed by atoms with van der Waals surface area (Å²) < 4.78 is 0. The smallest absolute Gasteiger partial charge is 0.0546 e. The molecule has 54 heavy (non-hydrogen) atoms. The summed E-state index contributed by atoms with van der Waals surface area (Å²) in [6.45, 7) is 4.73. The van der Waals surface area contributed by atoms with Crippen molar-refractivity contribution in [1.29, 1.82) is 0 Å². The molecule has 0 heterocycles. The van der Waals surface area contributed by atoms with Crippen LogP contribution in [-0.4, -0.2) is 0 Å². The molecule has 0 spiro atoms. The van der Waals surface area contributed by atoms with Crippen LogP contribution in [0.15, 0.2) is 200 Å². The van der Waals surface area contributed by atoms with E-state index in [0.29, 0.717) is 0 Å². The van der Waals surface area contributed by atoms with Crippen LogP contribution in [-0.2, 0) is 5.41 Å². The van der Waals surface area contributed by atoms with Gasteiger partial charge in [0.15, 0.2) is 0 Å². The third-order valence-corrected chi connectivity index (χ3v) is 11.5. The first-order chi connectivity index (χ1) is 26.6. The highest BCUT2D eigenvalue weighted by Crippen LogP contribution is 2.52. The fraction of sp³-hybridized carbons (Fsp3) is 0.0566.